The zero-order chi connectivity index (χ0) is 19.3. The summed E-state index contributed by atoms with van der Waals surface area (Å²) >= 11 is 5.83. The first-order valence-electron chi connectivity index (χ1n) is 7.47. The summed E-state index contributed by atoms with van der Waals surface area (Å²) in [5, 5.41) is 20.4. The predicted octanol–water partition coefficient (Wildman–Crippen LogP) is 3.31. The van der Waals surface area contributed by atoms with Crippen molar-refractivity contribution in [3.63, 3.8) is 0 Å². The fourth-order valence-electron chi connectivity index (χ4n) is 2.31. The lowest BCUT2D eigenvalue weighted by atomic mass is 10.3. The van der Waals surface area contributed by atoms with E-state index in [2.05, 4.69) is 0 Å². The van der Waals surface area contributed by atoms with E-state index in [0.29, 0.717) is 5.02 Å². The van der Waals surface area contributed by atoms with Crippen LogP contribution in [0, 0.1) is 10.1 Å². The van der Waals surface area contributed by atoms with E-state index in [1.165, 1.54) is 36.4 Å². The van der Waals surface area contributed by atoms with Gasteiger partial charge in [-0.1, -0.05) is 23.7 Å². The van der Waals surface area contributed by atoms with Crippen LogP contribution in [-0.2, 0) is 14.8 Å². The highest BCUT2D eigenvalue weighted by Crippen LogP contribution is 2.30. The Bertz CT molecular complexity index is 915. The number of aliphatic carboxylic acids is 1. The quantitative estimate of drug-likeness (QED) is 0.538. The van der Waals surface area contributed by atoms with Gasteiger partial charge in [0.2, 0.25) is 0 Å². The van der Waals surface area contributed by atoms with Crippen molar-refractivity contribution in [1.29, 1.82) is 0 Å². The van der Waals surface area contributed by atoms with Crippen LogP contribution in [0.3, 0.4) is 0 Å². The molecule has 1 N–H and O–H groups in total. The molecule has 2 aromatic carbocycles. The third kappa shape index (κ3) is 4.50. The number of halogens is 1. The van der Waals surface area contributed by atoms with Gasteiger partial charge in [-0.15, -0.1) is 0 Å². The Morgan fingerprint density at radius 3 is 2.35 bits per heavy atom. The van der Waals surface area contributed by atoms with Gasteiger partial charge in [0.1, 0.15) is 0 Å². The molecule has 8 nitrogen and oxygen atoms in total. The number of sulfonamides is 1. The average Bonchev–Trinajstić information content (AvgIpc) is 2.59. The van der Waals surface area contributed by atoms with Crippen molar-refractivity contribution in [2.24, 2.45) is 0 Å². The molecule has 0 amide bonds. The smallest absolute Gasteiger partial charge is 0.303 e. The van der Waals surface area contributed by atoms with Crippen molar-refractivity contribution in [1.82, 2.24) is 0 Å². The number of benzene rings is 2. The Kier molecular flexibility index (Phi) is 6.17. The minimum absolute atomic E-state index is 0.0395. The Morgan fingerprint density at radius 1 is 1.15 bits per heavy atom. The summed E-state index contributed by atoms with van der Waals surface area (Å²) < 4.78 is 27.1. The standard InChI is InChI=1S/C16H15ClN2O6S/c17-12-7-9-13(10-8-12)18(11-3-6-16(20)21)26(24,25)15-5-2-1-4-14(15)19(22)23/h1-2,4-5,7-10H,3,6,11H2,(H,20,21). The molecule has 2 aromatic rings. The van der Waals surface area contributed by atoms with E-state index in [-0.39, 0.29) is 25.1 Å². The van der Waals surface area contributed by atoms with E-state index in [1.807, 2.05) is 0 Å². The highest BCUT2D eigenvalue weighted by atomic mass is 35.5. The Labute approximate surface area is 154 Å². The van der Waals surface area contributed by atoms with Gasteiger partial charge in [0.25, 0.3) is 15.7 Å². The molecular formula is C16H15ClN2O6S. The third-order valence-corrected chi connectivity index (χ3v) is 5.62. The van der Waals surface area contributed by atoms with Crippen LogP contribution in [0.25, 0.3) is 0 Å². The van der Waals surface area contributed by atoms with Gasteiger partial charge in [0.05, 0.1) is 10.6 Å². The highest BCUT2D eigenvalue weighted by molar-refractivity contribution is 7.93. The molecule has 0 atom stereocenters. The molecule has 26 heavy (non-hydrogen) atoms. The van der Waals surface area contributed by atoms with Crippen molar-refractivity contribution in [3.8, 4) is 0 Å². The SMILES string of the molecule is O=C(O)CCCN(c1ccc(Cl)cc1)S(=O)(=O)c1ccccc1[N+](=O)[O-]. The maximum atomic E-state index is 13.1. The van der Waals surface area contributed by atoms with Crippen LogP contribution in [0.5, 0.6) is 0 Å². The van der Waals surface area contributed by atoms with E-state index in [4.69, 9.17) is 16.7 Å². The zero-order valence-electron chi connectivity index (χ0n) is 13.4. The average molecular weight is 399 g/mol. The molecule has 0 saturated heterocycles. The van der Waals surface area contributed by atoms with Crippen LogP contribution >= 0.6 is 11.6 Å². The predicted molar refractivity (Wildman–Crippen MR) is 96.0 cm³/mol. The second-order valence-electron chi connectivity index (χ2n) is 5.28. The monoisotopic (exact) mass is 398 g/mol. The molecule has 0 aliphatic carbocycles. The molecule has 0 fully saturated rings. The lowest BCUT2D eigenvalue weighted by molar-refractivity contribution is -0.387. The summed E-state index contributed by atoms with van der Waals surface area (Å²) in [5.41, 5.74) is -0.317. The summed E-state index contributed by atoms with van der Waals surface area (Å²) in [7, 11) is -4.28. The van der Waals surface area contributed by atoms with E-state index >= 15 is 0 Å². The first-order valence-corrected chi connectivity index (χ1v) is 9.29. The molecule has 0 heterocycles. The number of hydrogen-bond donors (Lipinski definition) is 1. The normalized spacial score (nSPS) is 11.1. The van der Waals surface area contributed by atoms with Gasteiger partial charge >= 0.3 is 5.97 Å². The van der Waals surface area contributed by atoms with Crippen molar-refractivity contribution >= 4 is 39.0 Å². The van der Waals surface area contributed by atoms with E-state index < -0.39 is 31.5 Å². The molecule has 0 aromatic heterocycles. The van der Waals surface area contributed by atoms with Crippen LogP contribution in [0.15, 0.2) is 53.4 Å². The number of carboxylic acids is 1. The van der Waals surface area contributed by atoms with Crippen molar-refractivity contribution in [2.75, 3.05) is 10.8 Å². The number of anilines is 1. The molecule has 0 radical (unpaired) electrons. The van der Waals surface area contributed by atoms with E-state index in [0.717, 1.165) is 16.4 Å². The number of carboxylic acid groups (broad SMARTS) is 1. The fraction of sp³-hybridized carbons (Fsp3) is 0.188. The summed E-state index contributed by atoms with van der Waals surface area (Å²) in [6.07, 6.45) is -0.200. The number of nitro benzene ring substituents is 1. The topological polar surface area (TPSA) is 118 Å². The number of rotatable bonds is 8. The van der Waals surface area contributed by atoms with Crippen LogP contribution in [0.1, 0.15) is 12.8 Å². The number of nitrogens with zero attached hydrogens (tertiary/aromatic N) is 2. The zero-order valence-corrected chi connectivity index (χ0v) is 15.0. The second kappa shape index (κ2) is 8.15. The molecule has 0 saturated carbocycles. The maximum Gasteiger partial charge on any atom is 0.303 e. The lowest BCUT2D eigenvalue weighted by Crippen LogP contribution is -2.32. The molecule has 2 rings (SSSR count). The molecule has 138 valence electrons. The minimum atomic E-state index is -4.28. The van der Waals surface area contributed by atoms with Gasteiger partial charge in [0.15, 0.2) is 4.90 Å². The molecule has 0 unspecified atom stereocenters. The molecular weight excluding hydrogens is 384 g/mol. The van der Waals surface area contributed by atoms with Gasteiger partial charge in [0, 0.05) is 24.1 Å². The molecule has 0 aliphatic rings. The van der Waals surface area contributed by atoms with Crippen molar-refractivity contribution in [3.05, 3.63) is 63.7 Å². The van der Waals surface area contributed by atoms with Gasteiger partial charge in [-0.25, -0.2) is 8.42 Å². The van der Waals surface area contributed by atoms with Crippen LogP contribution < -0.4 is 4.31 Å². The van der Waals surface area contributed by atoms with Crippen molar-refractivity contribution in [2.45, 2.75) is 17.7 Å². The minimum Gasteiger partial charge on any atom is -0.481 e. The first kappa shape index (κ1) is 19.7. The highest BCUT2D eigenvalue weighted by Gasteiger charge is 2.31. The number of para-hydroxylation sites is 1. The largest absolute Gasteiger partial charge is 0.481 e. The number of carbonyl (C=O) groups is 1. The third-order valence-electron chi connectivity index (χ3n) is 3.50. The van der Waals surface area contributed by atoms with Crippen molar-refractivity contribution < 1.29 is 23.2 Å². The summed E-state index contributed by atoms with van der Waals surface area (Å²) in [4.78, 5) is 20.7. The Morgan fingerprint density at radius 2 is 1.77 bits per heavy atom. The fourth-order valence-corrected chi connectivity index (χ4v) is 4.10. The Hall–Kier alpha value is -2.65. The lowest BCUT2D eigenvalue weighted by Gasteiger charge is -2.24. The second-order valence-corrected chi connectivity index (χ2v) is 7.54. The molecule has 0 bridgehead atoms. The summed E-state index contributed by atoms with van der Waals surface area (Å²) in [6.45, 7) is -0.150. The van der Waals surface area contributed by atoms with Gasteiger partial charge in [-0.3, -0.25) is 19.2 Å². The van der Waals surface area contributed by atoms with Gasteiger partial charge in [-0.05, 0) is 36.8 Å². The van der Waals surface area contributed by atoms with Gasteiger partial charge in [-0.2, -0.15) is 0 Å². The molecule has 0 spiro atoms. The first-order chi connectivity index (χ1) is 12.2. The molecule has 0 aliphatic heterocycles. The van der Waals surface area contributed by atoms with E-state index in [1.54, 1.807) is 0 Å². The van der Waals surface area contributed by atoms with E-state index in [9.17, 15) is 23.3 Å². The van der Waals surface area contributed by atoms with Gasteiger partial charge < -0.3 is 5.11 Å². The van der Waals surface area contributed by atoms with Crippen LogP contribution in [0.4, 0.5) is 11.4 Å². The summed E-state index contributed by atoms with van der Waals surface area (Å²) in [5.74, 6) is -1.07. The number of nitro groups is 1. The van der Waals surface area contributed by atoms with Crippen LogP contribution in [-0.4, -0.2) is 31.0 Å². The molecule has 10 heteroatoms. The summed E-state index contributed by atoms with van der Waals surface area (Å²) in [6, 6.07) is 10.9. The maximum absolute atomic E-state index is 13.1. The van der Waals surface area contributed by atoms with Crippen LogP contribution in [0.2, 0.25) is 5.02 Å². The number of hydrogen-bond acceptors (Lipinski definition) is 5. The Balaban J connectivity index is 2.51.